The summed E-state index contributed by atoms with van der Waals surface area (Å²) in [5.74, 6) is 0.353. The van der Waals surface area contributed by atoms with Crippen LogP contribution in [0, 0.1) is 5.82 Å². The Kier molecular flexibility index (Phi) is 6.70. The Morgan fingerprint density at radius 2 is 1.90 bits per heavy atom. The van der Waals surface area contributed by atoms with E-state index in [9.17, 15) is 9.18 Å². The summed E-state index contributed by atoms with van der Waals surface area (Å²) >= 11 is 2.87. The molecule has 0 spiro atoms. The fourth-order valence-corrected chi connectivity index (χ4v) is 4.39. The van der Waals surface area contributed by atoms with Crippen molar-refractivity contribution in [3.8, 4) is 0 Å². The summed E-state index contributed by atoms with van der Waals surface area (Å²) in [4.78, 5) is 16.6. The number of carbonyl (C=O) groups excluding carboxylic acids is 1. The number of aryl methyl sites for hydroxylation is 2. The molecule has 30 heavy (non-hydrogen) atoms. The van der Waals surface area contributed by atoms with Gasteiger partial charge in [-0.15, -0.1) is 21.5 Å². The first-order chi connectivity index (χ1) is 14.7. The minimum Gasteiger partial charge on any atom is -0.416 e. The Hall–Kier alpha value is -2.78. The molecule has 2 aromatic heterocycles. The molecule has 0 saturated heterocycles. The molecule has 0 unspecified atom stereocenters. The van der Waals surface area contributed by atoms with Crippen LogP contribution in [-0.4, -0.2) is 33.4 Å². The summed E-state index contributed by atoms with van der Waals surface area (Å²) in [6, 6.07) is 14.3. The molecule has 2 aromatic carbocycles. The number of amides is 1. The molecule has 0 fully saturated rings. The summed E-state index contributed by atoms with van der Waals surface area (Å²) in [5.41, 5.74) is 1.98. The minimum atomic E-state index is -0.266. The second kappa shape index (κ2) is 9.82. The van der Waals surface area contributed by atoms with Crippen LogP contribution in [-0.2, 0) is 24.1 Å². The third-order valence-electron chi connectivity index (χ3n) is 4.32. The summed E-state index contributed by atoms with van der Waals surface area (Å²) < 4.78 is 19.7. The molecule has 2 heterocycles. The molecule has 4 rings (SSSR count). The van der Waals surface area contributed by atoms with Gasteiger partial charge in [0.15, 0.2) is 0 Å². The maximum absolute atomic E-state index is 12.9. The van der Waals surface area contributed by atoms with E-state index < -0.39 is 0 Å². The molecule has 0 atom stereocenters. The molecular formula is C21H19FN4O2S2. The Bertz CT molecular complexity index is 1090. The zero-order chi connectivity index (χ0) is 20.8. The standard InChI is InChI=1S/C21H19FN4O2S2/c22-15-7-5-14(6-8-15)11-12-23-18(27)13-29-21-26-25-19(28-21)9-10-20-24-16-3-1-2-4-17(16)30-20/h1-8H,9-13H2,(H,23,27). The molecule has 9 heteroatoms. The zero-order valence-electron chi connectivity index (χ0n) is 16.0. The molecule has 4 aromatic rings. The van der Waals surface area contributed by atoms with Gasteiger partial charge in [-0.05, 0) is 36.2 Å². The maximum Gasteiger partial charge on any atom is 0.277 e. The van der Waals surface area contributed by atoms with Gasteiger partial charge in [-0.25, -0.2) is 9.37 Å². The summed E-state index contributed by atoms with van der Waals surface area (Å²) in [7, 11) is 0. The van der Waals surface area contributed by atoms with Gasteiger partial charge in [0.2, 0.25) is 11.8 Å². The quantitative estimate of drug-likeness (QED) is 0.394. The molecule has 0 saturated carbocycles. The molecule has 0 bridgehead atoms. The van der Waals surface area contributed by atoms with Gasteiger partial charge in [0.05, 0.1) is 21.0 Å². The lowest BCUT2D eigenvalue weighted by molar-refractivity contribution is -0.118. The molecule has 1 amide bonds. The molecule has 154 valence electrons. The fourth-order valence-electron chi connectivity index (χ4n) is 2.81. The van der Waals surface area contributed by atoms with Gasteiger partial charge in [0.25, 0.3) is 5.22 Å². The molecular weight excluding hydrogens is 423 g/mol. The zero-order valence-corrected chi connectivity index (χ0v) is 17.6. The lowest BCUT2D eigenvalue weighted by Gasteiger charge is -2.04. The average Bonchev–Trinajstić information content (AvgIpc) is 3.38. The first-order valence-electron chi connectivity index (χ1n) is 9.46. The Labute approximate surface area is 180 Å². The Morgan fingerprint density at radius 3 is 2.73 bits per heavy atom. The van der Waals surface area contributed by atoms with Crippen molar-refractivity contribution in [2.24, 2.45) is 0 Å². The summed E-state index contributed by atoms with van der Waals surface area (Å²) in [5, 5.41) is 12.3. The average molecular weight is 443 g/mol. The number of fused-ring (bicyclic) bond motifs is 1. The van der Waals surface area contributed by atoms with E-state index in [-0.39, 0.29) is 17.5 Å². The van der Waals surface area contributed by atoms with E-state index in [1.165, 1.54) is 28.6 Å². The van der Waals surface area contributed by atoms with Crippen molar-refractivity contribution in [3.63, 3.8) is 0 Å². The number of carbonyl (C=O) groups is 1. The van der Waals surface area contributed by atoms with Crippen molar-refractivity contribution >= 4 is 39.2 Å². The molecule has 0 aliphatic rings. The number of hydrogen-bond acceptors (Lipinski definition) is 7. The Balaban J connectivity index is 1.18. The fraction of sp³-hybridized carbons (Fsp3) is 0.238. The minimum absolute atomic E-state index is 0.115. The van der Waals surface area contributed by atoms with E-state index in [0.29, 0.717) is 30.5 Å². The largest absolute Gasteiger partial charge is 0.416 e. The smallest absolute Gasteiger partial charge is 0.277 e. The van der Waals surface area contributed by atoms with Crippen molar-refractivity contribution in [1.82, 2.24) is 20.5 Å². The van der Waals surface area contributed by atoms with Crippen LogP contribution in [0.2, 0.25) is 0 Å². The van der Waals surface area contributed by atoms with Crippen molar-refractivity contribution in [1.29, 1.82) is 0 Å². The number of nitrogens with one attached hydrogen (secondary N) is 1. The number of benzene rings is 2. The highest BCUT2D eigenvalue weighted by Gasteiger charge is 2.11. The van der Waals surface area contributed by atoms with Crippen molar-refractivity contribution < 1.29 is 13.6 Å². The van der Waals surface area contributed by atoms with Crippen LogP contribution in [0.3, 0.4) is 0 Å². The predicted octanol–water partition coefficient (Wildman–Crippen LogP) is 4.05. The van der Waals surface area contributed by atoms with Gasteiger partial charge in [0.1, 0.15) is 5.82 Å². The van der Waals surface area contributed by atoms with Crippen molar-refractivity contribution in [3.05, 3.63) is 70.8 Å². The van der Waals surface area contributed by atoms with Crippen molar-refractivity contribution in [2.75, 3.05) is 12.3 Å². The van der Waals surface area contributed by atoms with Crippen LogP contribution < -0.4 is 5.32 Å². The lowest BCUT2D eigenvalue weighted by atomic mass is 10.1. The SMILES string of the molecule is O=C(CSc1nnc(CCc2nc3ccccc3s2)o1)NCCc1ccc(F)cc1. The molecule has 6 nitrogen and oxygen atoms in total. The van der Waals surface area contributed by atoms with E-state index in [1.54, 1.807) is 23.5 Å². The van der Waals surface area contributed by atoms with Crippen LogP contribution in [0.1, 0.15) is 16.5 Å². The molecule has 1 N–H and O–H groups in total. The monoisotopic (exact) mass is 442 g/mol. The van der Waals surface area contributed by atoms with Gasteiger partial charge in [0, 0.05) is 19.4 Å². The number of hydrogen-bond donors (Lipinski definition) is 1. The van der Waals surface area contributed by atoms with Gasteiger partial charge >= 0.3 is 0 Å². The van der Waals surface area contributed by atoms with Crippen LogP contribution in [0.4, 0.5) is 4.39 Å². The van der Waals surface area contributed by atoms with Gasteiger partial charge in [-0.2, -0.15) is 0 Å². The number of thiazole rings is 1. The number of rotatable bonds is 9. The maximum atomic E-state index is 12.9. The third-order valence-corrected chi connectivity index (χ3v) is 6.23. The number of nitrogens with zero attached hydrogens (tertiary/aromatic N) is 3. The highest BCUT2D eigenvalue weighted by Crippen LogP contribution is 2.23. The topological polar surface area (TPSA) is 80.9 Å². The lowest BCUT2D eigenvalue weighted by Crippen LogP contribution is -2.27. The first kappa shape index (κ1) is 20.5. The highest BCUT2D eigenvalue weighted by atomic mass is 32.2. The van der Waals surface area contributed by atoms with E-state index in [4.69, 9.17) is 4.42 Å². The number of aromatic nitrogens is 3. The number of halogens is 1. The van der Waals surface area contributed by atoms with Crippen LogP contribution in [0.5, 0.6) is 0 Å². The van der Waals surface area contributed by atoms with Gasteiger partial charge < -0.3 is 9.73 Å². The first-order valence-corrected chi connectivity index (χ1v) is 11.3. The van der Waals surface area contributed by atoms with E-state index in [2.05, 4.69) is 26.6 Å². The number of thioether (sulfide) groups is 1. The van der Waals surface area contributed by atoms with Crippen molar-refractivity contribution in [2.45, 2.75) is 24.5 Å². The summed E-state index contributed by atoms with van der Waals surface area (Å²) in [6.07, 6.45) is 1.99. The van der Waals surface area contributed by atoms with Gasteiger partial charge in [-0.1, -0.05) is 36.0 Å². The third kappa shape index (κ3) is 5.64. The normalized spacial score (nSPS) is 11.1. The number of para-hydroxylation sites is 1. The van der Waals surface area contributed by atoms with E-state index in [1.807, 2.05) is 18.2 Å². The van der Waals surface area contributed by atoms with Gasteiger partial charge in [-0.3, -0.25) is 4.79 Å². The molecule has 0 radical (unpaired) electrons. The molecule has 0 aliphatic carbocycles. The van der Waals surface area contributed by atoms with Crippen LogP contribution in [0.25, 0.3) is 10.2 Å². The predicted molar refractivity (Wildman–Crippen MR) is 115 cm³/mol. The van der Waals surface area contributed by atoms with Crippen LogP contribution in [0.15, 0.2) is 58.2 Å². The summed E-state index contributed by atoms with van der Waals surface area (Å²) in [6.45, 7) is 0.488. The Morgan fingerprint density at radius 1 is 1.07 bits per heavy atom. The highest BCUT2D eigenvalue weighted by molar-refractivity contribution is 7.99. The second-order valence-corrected chi connectivity index (χ2v) is 8.59. The molecule has 0 aliphatic heterocycles. The van der Waals surface area contributed by atoms with E-state index >= 15 is 0 Å². The second-order valence-electron chi connectivity index (χ2n) is 6.55. The van der Waals surface area contributed by atoms with E-state index in [0.717, 1.165) is 22.5 Å². The van der Waals surface area contributed by atoms with Crippen LogP contribution >= 0.6 is 23.1 Å².